The van der Waals surface area contributed by atoms with E-state index in [1.165, 1.54) is 18.1 Å². The van der Waals surface area contributed by atoms with E-state index in [0.717, 1.165) is 12.1 Å². The maximum atomic E-state index is 12.9. The summed E-state index contributed by atoms with van der Waals surface area (Å²) in [7, 11) is 1.50. The van der Waals surface area contributed by atoms with Gasteiger partial charge in [0, 0.05) is 26.1 Å². The number of ether oxygens (including phenoxy) is 1. The van der Waals surface area contributed by atoms with E-state index in [1.807, 2.05) is 0 Å². The molecule has 2 atom stereocenters. The normalized spacial score (nSPS) is 14.4. The van der Waals surface area contributed by atoms with Gasteiger partial charge in [-0.1, -0.05) is 19.1 Å². The molecule has 130 valence electrons. The van der Waals surface area contributed by atoms with Crippen molar-refractivity contribution in [2.24, 2.45) is 11.7 Å². The van der Waals surface area contributed by atoms with Crippen LogP contribution in [-0.2, 0) is 15.7 Å². The van der Waals surface area contributed by atoms with Crippen LogP contribution < -0.4 is 5.73 Å². The van der Waals surface area contributed by atoms with Crippen molar-refractivity contribution in [3.05, 3.63) is 35.4 Å². The van der Waals surface area contributed by atoms with Gasteiger partial charge >= 0.3 is 6.18 Å². The molecule has 0 aliphatic rings. The minimum atomic E-state index is -4.42. The van der Waals surface area contributed by atoms with Gasteiger partial charge in [-0.15, -0.1) is 0 Å². The zero-order valence-electron chi connectivity index (χ0n) is 13.6. The van der Waals surface area contributed by atoms with Crippen molar-refractivity contribution in [2.75, 3.05) is 26.8 Å². The lowest BCUT2D eigenvalue weighted by atomic mass is 10.0. The van der Waals surface area contributed by atoms with E-state index in [2.05, 4.69) is 0 Å². The predicted octanol–water partition coefficient (Wildman–Crippen LogP) is 2.84. The van der Waals surface area contributed by atoms with Gasteiger partial charge in [0.05, 0.1) is 18.2 Å². The molecule has 0 fully saturated rings. The van der Waals surface area contributed by atoms with E-state index in [4.69, 9.17) is 10.5 Å². The molecule has 1 aromatic rings. The number of nitrogens with two attached hydrogens (primary N) is 1. The van der Waals surface area contributed by atoms with Crippen LogP contribution in [0.2, 0.25) is 0 Å². The van der Waals surface area contributed by atoms with Crippen LogP contribution in [0.25, 0.3) is 0 Å². The fourth-order valence-electron chi connectivity index (χ4n) is 2.22. The first kappa shape index (κ1) is 19.4. The molecule has 2 N–H and O–H groups in total. The summed E-state index contributed by atoms with van der Waals surface area (Å²) in [5.74, 6) is -0.602. The number of carbonyl (C=O) groups excluding carboxylic acids is 1. The number of nitrogens with zero attached hydrogens (tertiary/aromatic N) is 1. The Kier molecular flexibility index (Phi) is 7.02. The summed E-state index contributed by atoms with van der Waals surface area (Å²) in [5.41, 5.74) is 5.23. The highest BCUT2D eigenvalue weighted by molar-refractivity contribution is 5.79. The van der Waals surface area contributed by atoms with E-state index in [0.29, 0.717) is 12.2 Å². The molecule has 0 aliphatic heterocycles. The van der Waals surface area contributed by atoms with Crippen molar-refractivity contribution < 1.29 is 22.7 Å². The number of amides is 1. The number of rotatable bonds is 7. The summed E-state index contributed by atoms with van der Waals surface area (Å²) in [4.78, 5) is 14.0. The second kappa shape index (κ2) is 8.31. The molecule has 4 nitrogen and oxygen atoms in total. The van der Waals surface area contributed by atoms with Crippen molar-refractivity contribution in [3.8, 4) is 0 Å². The van der Waals surface area contributed by atoms with Gasteiger partial charge in [0.25, 0.3) is 0 Å². The van der Waals surface area contributed by atoms with Crippen LogP contribution in [0.1, 0.15) is 31.0 Å². The highest BCUT2D eigenvalue weighted by Crippen LogP contribution is 2.32. The van der Waals surface area contributed by atoms with Gasteiger partial charge in [0.1, 0.15) is 0 Å². The van der Waals surface area contributed by atoms with Crippen molar-refractivity contribution >= 4 is 5.91 Å². The Balaban J connectivity index is 3.09. The van der Waals surface area contributed by atoms with Crippen LogP contribution in [0.3, 0.4) is 0 Å². The van der Waals surface area contributed by atoms with Crippen molar-refractivity contribution in [3.63, 3.8) is 0 Å². The third kappa shape index (κ3) is 5.21. The fraction of sp³-hybridized carbons (Fsp3) is 0.562. The Bertz CT molecular complexity index is 520. The summed E-state index contributed by atoms with van der Waals surface area (Å²) in [5, 5.41) is 0. The van der Waals surface area contributed by atoms with Crippen LogP contribution in [0.4, 0.5) is 13.2 Å². The minimum absolute atomic E-state index is 0.178. The molecule has 1 amide bonds. The standard InChI is InChI=1S/C16H23F3N2O2/c1-11(10-20)15(22)21(7-8-23-3)12(2)13-5-4-6-14(9-13)16(17,18)19/h4-6,9,11-12H,7-8,10,20H2,1-3H3. The van der Waals surface area contributed by atoms with Crippen molar-refractivity contribution in [1.82, 2.24) is 4.90 Å². The Labute approximate surface area is 134 Å². The Morgan fingerprint density at radius 3 is 2.52 bits per heavy atom. The molecular weight excluding hydrogens is 309 g/mol. The topological polar surface area (TPSA) is 55.6 Å². The van der Waals surface area contributed by atoms with Crippen molar-refractivity contribution in [2.45, 2.75) is 26.1 Å². The monoisotopic (exact) mass is 332 g/mol. The van der Waals surface area contributed by atoms with Crippen LogP contribution in [-0.4, -0.2) is 37.6 Å². The average molecular weight is 332 g/mol. The quantitative estimate of drug-likeness (QED) is 0.835. The van der Waals surface area contributed by atoms with Gasteiger partial charge in [-0.25, -0.2) is 0 Å². The van der Waals surface area contributed by atoms with Gasteiger partial charge in [0.2, 0.25) is 5.91 Å². The summed E-state index contributed by atoms with van der Waals surface area (Å²) >= 11 is 0. The molecule has 0 radical (unpaired) electrons. The molecular formula is C16H23F3N2O2. The van der Waals surface area contributed by atoms with E-state index in [1.54, 1.807) is 19.9 Å². The maximum Gasteiger partial charge on any atom is 0.416 e. The highest BCUT2D eigenvalue weighted by atomic mass is 19.4. The molecule has 0 aromatic heterocycles. The van der Waals surface area contributed by atoms with Gasteiger partial charge in [0.15, 0.2) is 0 Å². The van der Waals surface area contributed by atoms with Crippen LogP contribution in [0, 0.1) is 5.92 Å². The summed E-state index contributed by atoms with van der Waals surface area (Å²) in [6.45, 7) is 4.16. The molecule has 1 rings (SSSR count). The van der Waals surface area contributed by atoms with Gasteiger partial charge in [-0.2, -0.15) is 13.2 Å². The van der Waals surface area contributed by atoms with Crippen molar-refractivity contribution in [1.29, 1.82) is 0 Å². The molecule has 0 bridgehead atoms. The third-order valence-electron chi connectivity index (χ3n) is 3.76. The molecule has 1 aromatic carbocycles. The lowest BCUT2D eigenvalue weighted by molar-refractivity contribution is -0.137. The van der Waals surface area contributed by atoms with Crippen LogP contribution in [0.15, 0.2) is 24.3 Å². The highest BCUT2D eigenvalue weighted by Gasteiger charge is 2.32. The first-order valence-corrected chi connectivity index (χ1v) is 7.39. The Hall–Kier alpha value is -1.60. The zero-order chi connectivity index (χ0) is 17.6. The van der Waals surface area contributed by atoms with E-state index in [9.17, 15) is 18.0 Å². The smallest absolute Gasteiger partial charge is 0.383 e. The SMILES string of the molecule is COCCN(C(=O)C(C)CN)C(C)c1cccc(C(F)(F)F)c1. The summed E-state index contributed by atoms with van der Waals surface area (Å²) in [6, 6.07) is 4.51. The third-order valence-corrected chi connectivity index (χ3v) is 3.76. The lowest BCUT2D eigenvalue weighted by Gasteiger charge is -2.31. The molecule has 0 saturated heterocycles. The number of halogens is 3. The molecule has 0 spiro atoms. The second-order valence-corrected chi connectivity index (χ2v) is 5.46. The molecule has 7 heteroatoms. The molecule has 0 aliphatic carbocycles. The fourth-order valence-corrected chi connectivity index (χ4v) is 2.22. The zero-order valence-corrected chi connectivity index (χ0v) is 13.6. The number of hydrogen-bond acceptors (Lipinski definition) is 3. The minimum Gasteiger partial charge on any atom is -0.383 e. The molecule has 0 saturated carbocycles. The summed E-state index contributed by atoms with van der Waals surface area (Å²) < 4.78 is 43.6. The number of carbonyl (C=O) groups is 1. The molecule has 2 unspecified atom stereocenters. The largest absolute Gasteiger partial charge is 0.416 e. The molecule has 23 heavy (non-hydrogen) atoms. The second-order valence-electron chi connectivity index (χ2n) is 5.46. The predicted molar refractivity (Wildman–Crippen MR) is 81.7 cm³/mol. The first-order chi connectivity index (χ1) is 10.7. The first-order valence-electron chi connectivity index (χ1n) is 7.39. The molecule has 0 heterocycles. The maximum absolute atomic E-state index is 12.9. The Morgan fingerprint density at radius 2 is 2.00 bits per heavy atom. The lowest BCUT2D eigenvalue weighted by Crippen LogP contribution is -2.41. The number of alkyl halides is 3. The van der Waals surface area contributed by atoms with Gasteiger partial charge < -0.3 is 15.4 Å². The van der Waals surface area contributed by atoms with E-state index in [-0.39, 0.29) is 19.0 Å². The average Bonchev–Trinajstić information content (AvgIpc) is 2.53. The van der Waals surface area contributed by atoms with E-state index >= 15 is 0 Å². The van der Waals surface area contributed by atoms with E-state index < -0.39 is 23.7 Å². The van der Waals surface area contributed by atoms with Crippen LogP contribution >= 0.6 is 0 Å². The number of hydrogen-bond donors (Lipinski definition) is 1. The van der Waals surface area contributed by atoms with Gasteiger partial charge in [-0.3, -0.25) is 4.79 Å². The van der Waals surface area contributed by atoms with Crippen LogP contribution in [0.5, 0.6) is 0 Å². The number of methoxy groups -OCH3 is 1. The Morgan fingerprint density at radius 1 is 1.35 bits per heavy atom. The van der Waals surface area contributed by atoms with Gasteiger partial charge in [-0.05, 0) is 24.6 Å². The summed E-state index contributed by atoms with van der Waals surface area (Å²) in [6.07, 6.45) is -4.42. The number of benzene rings is 1.